The molecule has 0 spiro atoms. The lowest BCUT2D eigenvalue weighted by molar-refractivity contribution is -0.384. The summed E-state index contributed by atoms with van der Waals surface area (Å²) in [7, 11) is 0. The number of nitrogens with zero attached hydrogens (tertiary/aromatic N) is 1. The Morgan fingerprint density at radius 3 is 2.68 bits per heavy atom. The molecule has 1 aliphatic rings. The summed E-state index contributed by atoms with van der Waals surface area (Å²) >= 11 is 6.05. The van der Waals surface area contributed by atoms with Gasteiger partial charge in [0, 0.05) is 36.5 Å². The van der Waals surface area contributed by atoms with Crippen molar-refractivity contribution in [3.05, 3.63) is 57.1 Å². The fraction of sp³-hybridized carbons (Fsp3) is 0.188. The molecule has 1 amide bonds. The molecule has 2 aromatic rings. The van der Waals surface area contributed by atoms with Crippen molar-refractivity contribution in [3.63, 3.8) is 0 Å². The molecule has 2 N–H and O–H groups in total. The molecule has 8 nitrogen and oxygen atoms in total. The molecular weight excluding hydrogens is 350 g/mol. The van der Waals surface area contributed by atoms with Gasteiger partial charge in [-0.25, -0.2) is 0 Å². The van der Waals surface area contributed by atoms with Gasteiger partial charge in [0.05, 0.1) is 9.95 Å². The number of hydrogen-bond donors (Lipinski definition) is 2. The van der Waals surface area contributed by atoms with Crippen LogP contribution in [0.1, 0.15) is 10.4 Å². The summed E-state index contributed by atoms with van der Waals surface area (Å²) in [6.45, 7) is 0.906. The van der Waals surface area contributed by atoms with Gasteiger partial charge in [-0.05, 0) is 24.3 Å². The quantitative estimate of drug-likeness (QED) is 0.464. The Morgan fingerprint density at radius 1 is 1.20 bits per heavy atom. The third-order valence-electron chi connectivity index (χ3n) is 3.51. The molecule has 0 aliphatic carbocycles. The van der Waals surface area contributed by atoms with Gasteiger partial charge in [0.2, 0.25) is 6.79 Å². The summed E-state index contributed by atoms with van der Waals surface area (Å²) in [6.07, 6.45) is 0. The lowest BCUT2D eigenvalue weighted by atomic mass is 10.2. The monoisotopic (exact) mass is 363 g/mol. The first-order valence-corrected chi connectivity index (χ1v) is 7.78. The second kappa shape index (κ2) is 7.27. The maximum absolute atomic E-state index is 12.2. The molecule has 2 aromatic carbocycles. The smallest absolute Gasteiger partial charge is 0.269 e. The molecule has 0 atom stereocenters. The number of anilines is 1. The van der Waals surface area contributed by atoms with Crippen LogP contribution in [0.2, 0.25) is 5.02 Å². The molecule has 1 aliphatic heterocycles. The molecular formula is C16H14ClN3O5. The minimum atomic E-state index is -0.458. The van der Waals surface area contributed by atoms with Crippen molar-refractivity contribution >= 4 is 28.9 Å². The number of carbonyl (C=O) groups excluding carboxylic acids is 1. The van der Waals surface area contributed by atoms with Gasteiger partial charge in [-0.15, -0.1) is 0 Å². The van der Waals surface area contributed by atoms with E-state index in [0.29, 0.717) is 35.2 Å². The van der Waals surface area contributed by atoms with Crippen LogP contribution in [-0.4, -0.2) is 30.7 Å². The molecule has 130 valence electrons. The predicted octanol–water partition coefficient (Wildman–Crippen LogP) is 2.82. The molecule has 9 heteroatoms. The first-order chi connectivity index (χ1) is 12.0. The number of rotatable bonds is 6. The number of halogens is 1. The highest BCUT2D eigenvalue weighted by atomic mass is 35.5. The summed E-state index contributed by atoms with van der Waals surface area (Å²) in [5, 5.41) is 16.7. The fourth-order valence-corrected chi connectivity index (χ4v) is 2.55. The molecule has 0 fully saturated rings. The SMILES string of the molecule is O=C(NCCNc1ccc([N+](=O)[O-])cc1)c1cc(Cl)c2c(c1)OCO2. The van der Waals surface area contributed by atoms with Gasteiger partial charge < -0.3 is 20.1 Å². The standard InChI is InChI=1S/C16H14ClN3O5/c17-13-7-10(8-14-15(13)25-9-24-14)16(21)19-6-5-18-11-1-3-12(4-2-11)20(22)23/h1-4,7-8,18H,5-6,9H2,(H,19,21). The van der Waals surface area contributed by atoms with E-state index in [1.54, 1.807) is 18.2 Å². The number of benzene rings is 2. The van der Waals surface area contributed by atoms with Crippen molar-refractivity contribution in [1.82, 2.24) is 5.32 Å². The van der Waals surface area contributed by atoms with Gasteiger partial charge in [-0.2, -0.15) is 0 Å². The van der Waals surface area contributed by atoms with Crippen LogP contribution in [0.3, 0.4) is 0 Å². The van der Waals surface area contributed by atoms with Crippen molar-refractivity contribution in [2.45, 2.75) is 0 Å². The van der Waals surface area contributed by atoms with E-state index in [2.05, 4.69) is 10.6 Å². The van der Waals surface area contributed by atoms with Crippen molar-refractivity contribution < 1.29 is 19.2 Å². The van der Waals surface area contributed by atoms with Crippen LogP contribution in [0.25, 0.3) is 0 Å². The van der Waals surface area contributed by atoms with Crippen LogP contribution >= 0.6 is 11.6 Å². The van der Waals surface area contributed by atoms with Gasteiger partial charge in [-0.1, -0.05) is 11.6 Å². The number of nitro groups is 1. The Balaban J connectivity index is 1.50. The number of fused-ring (bicyclic) bond motifs is 1. The number of ether oxygens (including phenoxy) is 2. The number of non-ortho nitro benzene ring substituents is 1. The number of nitro benzene ring substituents is 1. The summed E-state index contributed by atoms with van der Waals surface area (Å²) in [5.74, 6) is 0.602. The van der Waals surface area contributed by atoms with Gasteiger partial charge in [0.15, 0.2) is 11.5 Å². The van der Waals surface area contributed by atoms with E-state index < -0.39 is 4.92 Å². The van der Waals surface area contributed by atoms with Crippen LogP contribution in [0, 0.1) is 10.1 Å². The first-order valence-electron chi connectivity index (χ1n) is 7.40. The molecule has 0 radical (unpaired) electrons. The zero-order valence-corrected chi connectivity index (χ0v) is 13.7. The second-order valence-electron chi connectivity index (χ2n) is 5.18. The summed E-state index contributed by atoms with van der Waals surface area (Å²) in [5.41, 5.74) is 1.13. The number of amides is 1. The Bertz CT molecular complexity index is 810. The van der Waals surface area contributed by atoms with E-state index in [1.165, 1.54) is 18.2 Å². The number of nitrogens with one attached hydrogen (secondary N) is 2. The Morgan fingerprint density at radius 2 is 1.96 bits per heavy atom. The minimum Gasteiger partial charge on any atom is -0.454 e. The molecule has 25 heavy (non-hydrogen) atoms. The average molecular weight is 364 g/mol. The molecule has 0 saturated heterocycles. The van der Waals surface area contributed by atoms with Crippen molar-refractivity contribution in [2.75, 3.05) is 25.2 Å². The summed E-state index contributed by atoms with van der Waals surface area (Å²) < 4.78 is 10.4. The lowest BCUT2D eigenvalue weighted by Gasteiger charge is -2.09. The maximum atomic E-state index is 12.2. The first kappa shape index (κ1) is 16.8. The second-order valence-corrected chi connectivity index (χ2v) is 5.59. The third-order valence-corrected chi connectivity index (χ3v) is 3.79. The van der Waals surface area contributed by atoms with E-state index in [9.17, 15) is 14.9 Å². The molecule has 0 unspecified atom stereocenters. The van der Waals surface area contributed by atoms with Crippen molar-refractivity contribution in [1.29, 1.82) is 0 Å². The van der Waals surface area contributed by atoms with Gasteiger partial charge >= 0.3 is 0 Å². The van der Waals surface area contributed by atoms with Gasteiger partial charge in [0.25, 0.3) is 11.6 Å². The highest BCUT2D eigenvalue weighted by molar-refractivity contribution is 6.32. The van der Waals surface area contributed by atoms with E-state index >= 15 is 0 Å². The van der Waals surface area contributed by atoms with E-state index in [0.717, 1.165) is 5.69 Å². The van der Waals surface area contributed by atoms with Gasteiger partial charge in [0.1, 0.15) is 0 Å². The van der Waals surface area contributed by atoms with Crippen molar-refractivity contribution in [3.8, 4) is 11.5 Å². The van der Waals surface area contributed by atoms with E-state index in [-0.39, 0.29) is 18.4 Å². The normalized spacial score (nSPS) is 11.9. The Labute approximate surface area is 147 Å². The molecule has 0 aromatic heterocycles. The van der Waals surface area contributed by atoms with E-state index in [4.69, 9.17) is 21.1 Å². The van der Waals surface area contributed by atoms with Crippen LogP contribution in [0.15, 0.2) is 36.4 Å². The summed E-state index contributed by atoms with van der Waals surface area (Å²) in [6, 6.07) is 9.14. The van der Waals surface area contributed by atoms with Crippen molar-refractivity contribution in [2.24, 2.45) is 0 Å². The third kappa shape index (κ3) is 3.92. The van der Waals surface area contributed by atoms with Gasteiger partial charge in [-0.3, -0.25) is 14.9 Å². The highest BCUT2D eigenvalue weighted by Gasteiger charge is 2.20. The molecule has 0 saturated carbocycles. The van der Waals surface area contributed by atoms with Crippen LogP contribution < -0.4 is 20.1 Å². The molecule has 3 rings (SSSR count). The molecule has 1 heterocycles. The predicted molar refractivity (Wildman–Crippen MR) is 91.5 cm³/mol. The Hall–Kier alpha value is -3.00. The van der Waals surface area contributed by atoms with E-state index in [1.807, 2.05) is 0 Å². The zero-order chi connectivity index (χ0) is 17.8. The lowest BCUT2D eigenvalue weighted by Crippen LogP contribution is -2.28. The minimum absolute atomic E-state index is 0.0264. The average Bonchev–Trinajstić information content (AvgIpc) is 3.08. The van der Waals surface area contributed by atoms with Crippen LogP contribution in [-0.2, 0) is 0 Å². The topological polar surface area (TPSA) is 103 Å². The fourth-order valence-electron chi connectivity index (χ4n) is 2.28. The maximum Gasteiger partial charge on any atom is 0.269 e. The highest BCUT2D eigenvalue weighted by Crippen LogP contribution is 2.39. The Kier molecular flexibility index (Phi) is 4.90. The number of carbonyl (C=O) groups is 1. The van der Waals surface area contributed by atoms with Crippen LogP contribution in [0.5, 0.6) is 11.5 Å². The largest absolute Gasteiger partial charge is 0.454 e. The molecule has 0 bridgehead atoms. The number of hydrogen-bond acceptors (Lipinski definition) is 6. The van der Waals surface area contributed by atoms with Crippen LogP contribution in [0.4, 0.5) is 11.4 Å². The zero-order valence-electron chi connectivity index (χ0n) is 13.0. The summed E-state index contributed by atoms with van der Waals surface area (Å²) in [4.78, 5) is 22.3.